The van der Waals surface area contributed by atoms with Crippen molar-refractivity contribution in [1.82, 2.24) is 15.1 Å². The molecule has 0 aromatic heterocycles. The van der Waals surface area contributed by atoms with E-state index in [4.69, 9.17) is 14.2 Å². The molecule has 2 N–H and O–H groups in total. The number of hydrogen-bond acceptors (Lipinski definition) is 7. The molecule has 5 rings (SSSR count). The molecule has 2 saturated heterocycles. The lowest BCUT2D eigenvalue weighted by molar-refractivity contribution is -0.0186. The molecular formula is C34H48FN3O5. The Balaban J connectivity index is 1.24. The number of nitrogens with one attached hydrogen (secondary N) is 1. The molecule has 1 aliphatic carbocycles. The van der Waals surface area contributed by atoms with Gasteiger partial charge in [-0.3, -0.25) is 9.80 Å². The smallest absolute Gasteiger partial charge is 0.411 e. The van der Waals surface area contributed by atoms with Gasteiger partial charge in [0.25, 0.3) is 0 Å². The molecular weight excluding hydrogens is 549 g/mol. The zero-order chi connectivity index (χ0) is 30.6. The minimum Gasteiger partial charge on any atom is -0.492 e. The van der Waals surface area contributed by atoms with E-state index in [1.807, 2.05) is 37.8 Å². The first-order valence-corrected chi connectivity index (χ1v) is 15.7. The van der Waals surface area contributed by atoms with Crippen molar-refractivity contribution in [3.8, 4) is 5.75 Å². The van der Waals surface area contributed by atoms with Gasteiger partial charge < -0.3 is 24.6 Å². The van der Waals surface area contributed by atoms with Crippen molar-refractivity contribution in [3.63, 3.8) is 0 Å². The fraction of sp³-hybridized carbons (Fsp3) is 0.618. The van der Waals surface area contributed by atoms with Gasteiger partial charge in [-0.2, -0.15) is 0 Å². The van der Waals surface area contributed by atoms with E-state index in [0.717, 1.165) is 69.0 Å². The monoisotopic (exact) mass is 597 g/mol. The topological polar surface area (TPSA) is 83.5 Å². The lowest BCUT2D eigenvalue weighted by atomic mass is 9.74. The number of ether oxygens (including phenoxy) is 3. The second-order valence-electron chi connectivity index (χ2n) is 13.5. The largest absolute Gasteiger partial charge is 0.492 e. The van der Waals surface area contributed by atoms with Gasteiger partial charge in [-0.1, -0.05) is 31.2 Å². The first kappa shape index (κ1) is 31.7. The number of aliphatic hydroxyl groups is 1. The van der Waals surface area contributed by atoms with Crippen molar-refractivity contribution in [3.05, 3.63) is 65.5 Å². The Kier molecular flexibility index (Phi) is 9.96. The molecule has 0 bridgehead atoms. The molecule has 9 heteroatoms. The number of amides is 1. The third kappa shape index (κ3) is 7.69. The second kappa shape index (κ2) is 13.5. The van der Waals surface area contributed by atoms with Gasteiger partial charge in [-0.25, -0.2) is 9.18 Å². The maximum Gasteiger partial charge on any atom is 0.411 e. The van der Waals surface area contributed by atoms with Crippen LogP contribution in [-0.2, 0) is 16.0 Å². The molecule has 236 valence electrons. The number of hydrogen-bond donors (Lipinski definition) is 2. The van der Waals surface area contributed by atoms with Crippen LogP contribution in [0.3, 0.4) is 0 Å². The molecule has 2 heterocycles. The van der Waals surface area contributed by atoms with Crippen LogP contribution in [0.4, 0.5) is 9.18 Å². The van der Waals surface area contributed by atoms with Gasteiger partial charge in [0.1, 0.15) is 23.8 Å². The van der Waals surface area contributed by atoms with Crippen LogP contribution in [0.5, 0.6) is 5.75 Å². The van der Waals surface area contributed by atoms with Crippen LogP contribution in [0, 0.1) is 11.2 Å². The lowest BCUT2D eigenvalue weighted by Crippen LogP contribution is -2.52. The van der Waals surface area contributed by atoms with E-state index in [0.29, 0.717) is 19.6 Å². The van der Waals surface area contributed by atoms with Crippen LogP contribution in [0.1, 0.15) is 70.5 Å². The van der Waals surface area contributed by atoms with Gasteiger partial charge in [0.15, 0.2) is 0 Å². The zero-order valence-corrected chi connectivity index (χ0v) is 26.1. The highest BCUT2D eigenvalue weighted by Gasteiger charge is 2.57. The molecule has 0 unspecified atom stereocenters. The van der Waals surface area contributed by atoms with Crippen molar-refractivity contribution in [2.75, 3.05) is 39.5 Å². The van der Waals surface area contributed by atoms with Crippen LogP contribution in [-0.4, -0.2) is 84.2 Å². The van der Waals surface area contributed by atoms with Gasteiger partial charge in [0.2, 0.25) is 0 Å². The summed E-state index contributed by atoms with van der Waals surface area (Å²) in [5.41, 5.74) is 0.748. The number of aliphatic hydroxyl groups excluding tert-OH is 1. The van der Waals surface area contributed by atoms with E-state index in [9.17, 15) is 14.3 Å². The van der Waals surface area contributed by atoms with E-state index in [-0.39, 0.29) is 30.0 Å². The Labute approximate surface area is 255 Å². The third-order valence-corrected chi connectivity index (χ3v) is 9.25. The normalized spacial score (nSPS) is 28.3. The van der Waals surface area contributed by atoms with Gasteiger partial charge >= 0.3 is 6.09 Å². The molecule has 8 nitrogen and oxygen atoms in total. The number of nitrogens with zero attached hydrogens (tertiary/aromatic N) is 2. The fourth-order valence-corrected chi connectivity index (χ4v) is 6.94. The number of morpholine rings is 1. The Morgan fingerprint density at radius 3 is 2.47 bits per heavy atom. The molecule has 3 aliphatic rings. The summed E-state index contributed by atoms with van der Waals surface area (Å²) in [7, 11) is 0. The Bertz CT molecular complexity index is 1200. The number of carbonyl (C=O) groups is 1. The van der Waals surface area contributed by atoms with Crippen molar-refractivity contribution >= 4 is 6.09 Å². The highest BCUT2D eigenvalue weighted by molar-refractivity contribution is 5.70. The maximum absolute atomic E-state index is 13.8. The number of halogens is 1. The average Bonchev–Trinajstić information content (AvgIpc) is 3.22. The summed E-state index contributed by atoms with van der Waals surface area (Å²) >= 11 is 0. The van der Waals surface area contributed by atoms with Crippen molar-refractivity contribution in [1.29, 1.82) is 0 Å². The summed E-state index contributed by atoms with van der Waals surface area (Å²) in [6, 6.07) is 13.8. The van der Waals surface area contributed by atoms with E-state index in [1.165, 1.54) is 12.1 Å². The summed E-state index contributed by atoms with van der Waals surface area (Å²) in [4.78, 5) is 17.8. The molecule has 2 aromatic carbocycles. The van der Waals surface area contributed by atoms with E-state index >= 15 is 0 Å². The van der Waals surface area contributed by atoms with Crippen molar-refractivity contribution < 1.29 is 28.5 Å². The lowest BCUT2D eigenvalue weighted by Gasteiger charge is -2.39. The van der Waals surface area contributed by atoms with E-state index in [1.54, 1.807) is 12.1 Å². The summed E-state index contributed by atoms with van der Waals surface area (Å²) in [6.07, 6.45) is 1.93. The second-order valence-corrected chi connectivity index (χ2v) is 13.5. The SMILES string of the molecule is CC(C)(C)OC(=O)N1[C@@H](c2ccc(F)cc2)C[C@@]2(C)[C@H](O)[C@@H](NCc3ccc(OCCN4CCOCC4)cc3)CCC[C@@H]12. The van der Waals surface area contributed by atoms with Crippen molar-refractivity contribution in [2.45, 2.75) is 89.8 Å². The quantitative estimate of drug-likeness (QED) is 0.428. The number of carbonyl (C=O) groups excluding carboxylic acids is 1. The van der Waals surface area contributed by atoms with Crippen LogP contribution in [0.15, 0.2) is 48.5 Å². The highest BCUT2D eigenvalue weighted by atomic mass is 19.1. The Morgan fingerprint density at radius 2 is 1.79 bits per heavy atom. The van der Waals surface area contributed by atoms with Crippen LogP contribution >= 0.6 is 0 Å². The number of benzene rings is 2. The van der Waals surface area contributed by atoms with Crippen molar-refractivity contribution in [2.24, 2.45) is 5.41 Å². The summed E-state index contributed by atoms with van der Waals surface area (Å²) in [5, 5.41) is 15.5. The van der Waals surface area contributed by atoms with Crippen LogP contribution in [0.25, 0.3) is 0 Å². The van der Waals surface area contributed by atoms with Gasteiger partial charge in [0, 0.05) is 43.7 Å². The first-order chi connectivity index (χ1) is 20.5. The van der Waals surface area contributed by atoms with Crippen LogP contribution in [0.2, 0.25) is 0 Å². The zero-order valence-electron chi connectivity index (χ0n) is 26.1. The summed E-state index contributed by atoms with van der Waals surface area (Å²) in [6.45, 7) is 13.3. The molecule has 3 fully saturated rings. The highest BCUT2D eigenvalue weighted by Crippen LogP contribution is 2.53. The molecule has 2 aromatic rings. The summed E-state index contributed by atoms with van der Waals surface area (Å²) < 4.78 is 31.0. The molecule has 2 aliphatic heterocycles. The maximum atomic E-state index is 13.8. The molecule has 5 atom stereocenters. The van der Waals surface area contributed by atoms with Crippen LogP contribution < -0.4 is 10.1 Å². The van der Waals surface area contributed by atoms with Gasteiger partial charge in [-0.15, -0.1) is 0 Å². The standard InChI is InChI=1S/C34H48FN3O5/c1-33(2,3)43-32(40)38-29(25-10-12-26(35)13-11-25)22-34(4)30(38)7-5-6-28(31(34)39)36-23-24-8-14-27(15-9-24)42-21-18-37-16-19-41-20-17-37/h8-15,28-31,36,39H,5-7,16-23H2,1-4H3/t28-,29+,30+,31+,34+/m0/s1. The minimum absolute atomic E-state index is 0.132. The molecule has 1 amide bonds. The predicted molar refractivity (Wildman–Crippen MR) is 163 cm³/mol. The Hall–Kier alpha value is -2.72. The third-order valence-electron chi connectivity index (χ3n) is 9.25. The molecule has 0 spiro atoms. The molecule has 0 radical (unpaired) electrons. The average molecular weight is 598 g/mol. The Morgan fingerprint density at radius 1 is 1.09 bits per heavy atom. The van der Waals surface area contributed by atoms with E-state index < -0.39 is 17.1 Å². The number of fused-ring (bicyclic) bond motifs is 1. The van der Waals surface area contributed by atoms with Gasteiger partial charge in [0.05, 0.1) is 25.4 Å². The number of rotatable bonds is 8. The molecule has 43 heavy (non-hydrogen) atoms. The van der Waals surface area contributed by atoms with Gasteiger partial charge in [-0.05, 0) is 81.8 Å². The fourth-order valence-electron chi connectivity index (χ4n) is 6.94. The number of likely N-dealkylation sites (tertiary alicyclic amines) is 1. The first-order valence-electron chi connectivity index (χ1n) is 15.7. The van der Waals surface area contributed by atoms with E-state index in [2.05, 4.69) is 29.3 Å². The summed E-state index contributed by atoms with van der Waals surface area (Å²) in [5.74, 6) is 0.532. The minimum atomic E-state index is -0.682. The molecule has 1 saturated carbocycles. The predicted octanol–water partition coefficient (Wildman–Crippen LogP) is 5.30.